The smallest absolute Gasteiger partial charge is 0.125 e. The number of aliphatic hydroxyl groups is 1. The summed E-state index contributed by atoms with van der Waals surface area (Å²) in [6, 6.07) is 0.780. The first-order valence-electron chi connectivity index (χ1n) is 9.10. The van der Waals surface area contributed by atoms with Crippen LogP contribution in [-0.4, -0.2) is 52.5 Å². The number of aromatic nitrogens is 2. The molecule has 0 unspecified atom stereocenters. The predicted octanol–water partition coefficient (Wildman–Crippen LogP) is 2.33. The van der Waals surface area contributed by atoms with Gasteiger partial charge in [0.2, 0.25) is 0 Å². The number of likely N-dealkylation sites (tertiary alicyclic amines) is 1. The molecule has 1 saturated heterocycles. The average Bonchev–Trinajstić information content (AvgIpc) is 2.56. The third-order valence-electron chi connectivity index (χ3n) is 6.24. The molecular formula is C19H29N3O2. The Hall–Kier alpha value is -1.33. The van der Waals surface area contributed by atoms with E-state index in [1.165, 1.54) is 44.3 Å². The molecule has 2 saturated carbocycles. The summed E-state index contributed by atoms with van der Waals surface area (Å²) in [5.41, 5.74) is 1.86. The van der Waals surface area contributed by atoms with Crippen LogP contribution >= 0.6 is 0 Å². The van der Waals surface area contributed by atoms with E-state index in [2.05, 4.69) is 14.9 Å². The van der Waals surface area contributed by atoms with E-state index in [4.69, 9.17) is 5.11 Å². The van der Waals surface area contributed by atoms with Gasteiger partial charge in [-0.25, -0.2) is 9.97 Å². The SMILES string of the molecule is CO.Cc1ncc(C2CCN(C3CC4(CC(C=O)C4)C3)CC2)cn1. The van der Waals surface area contributed by atoms with Crippen molar-refractivity contribution < 1.29 is 9.90 Å². The molecule has 5 nitrogen and oxygen atoms in total. The fourth-order valence-corrected chi connectivity index (χ4v) is 4.89. The van der Waals surface area contributed by atoms with Gasteiger partial charge in [-0.1, -0.05) is 0 Å². The van der Waals surface area contributed by atoms with Crippen molar-refractivity contribution in [3.05, 3.63) is 23.8 Å². The molecule has 24 heavy (non-hydrogen) atoms. The van der Waals surface area contributed by atoms with Crippen LogP contribution in [0.4, 0.5) is 0 Å². The second kappa shape index (κ2) is 7.28. The molecule has 5 heteroatoms. The summed E-state index contributed by atoms with van der Waals surface area (Å²) in [7, 11) is 1.00. The van der Waals surface area contributed by atoms with Crippen LogP contribution < -0.4 is 0 Å². The normalized spacial score (nSPS) is 33.1. The van der Waals surface area contributed by atoms with Crippen molar-refractivity contribution >= 4 is 6.29 Å². The number of carbonyl (C=O) groups is 1. The monoisotopic (exact) mass is 331 g/mol. The Morgan fingerprint density at radius 2 is 1.71 bits per heavy atom. The maximum absolute atomic E-state index is 10.8. The third-order valence-corrected chi connectivity index (χ3v) is 6.24. The summed E-state index contributed by atoms with van der Waals surface area (Å²) in [6.07, 6.45) is 12.6. The highest BCUT2D eigenvalue weighted by molar-refractivity contribution is 5.56. The molecule has 0 radical (unpaired) electrons. The quantitative estimate of drug-likeness (QED) is 0.861. The van der Waals surface area contributed by atoms with Crippen LogP contribution in [0.25, 0.3) is 0 Å². The van der Waals surface area contributed by atoms with E-state index < -0.39 is 0 Å². The Bertz CT molecular complexity index is 538. The summed E-state index contributed by atoms with van der Waals surface area (Å²) in [5.74, 6) is 1.86. The zero-order valence-electron chi connectivity index (χ0n) is 14.8. The second-order valence-corrected chi connectivity index (χ2v) is 7.74. The molecule has 2 heterocycles. The van der Waals surface area contributed by atoms with E-state index >= 15 is 0 Å². The molecule has 0 bridgehead atoms. The average molecular weight is 331 g/mol. The molecule has 1 N–H and O–H groups in total. The van der Waals surface area contributed by atoms with E-state index in [1.807, 2.05) is 19.3 Å². The third kappa shape index (κ3) is 3.38. The van der Waals surface area contributed by atoms with E-state index in [9.17, 15) is 4.79 Å². The van der Waals surface area contributed by atoms with Crippen LogP contribution in [0.15, 0.2) is 12.4 Å². The number of aryl methyl sites for hydroxylation is 1. The van der Waals surface area contributed by atoms with Gasteiger partial charge < -0.3 is 14.8 Å². The second-order valence-electron chi connectivity index (χ2n) is 7.74. The number of aldehydes is 1. The van der Waals surface area contributed by atoms with Gasteiger partial charge in [0.25, 0.3) is 0 Å². The Balaban J connectivity index is 0.000000815. The molecular weight excluding hydrogens is 302 g/mol. The van der Waals surface area contributed by atoms with Gasteiger partial charge in [0.15, 0.2) is 0 Å². The van der Waals surface area contributed by atoms with Crippen LogP contribution in [0.1, 0.15) is 55.8 Å². The number of hydrogen-bond donors (Lipinski definition) is 1. The minimum atomic E-state index is 0.369. The highest BCUT2D eigenvalue weighted by Gasteiger charge is 2.54. The van der Waals surface area contributed by atoms with Gasteiger partial charge in [-0.05, 0) is 75.4 Å². The van der Waals surface area contributed by atoms with Gasteiger partial charge in [0.1, 0.15) is 12.1 Å². The predicted molar refractivity (Wildman–Crippen MR) is 92.7 cm³/mol. The summed E-state index contributed by atoms with van der Waals surface area (Å²) >= 11 is 0. The Kier molecular flexibility index (Phi) is 5.30. The number of carbonyl (C=O) groups excluding carboxylic acids is 1. The molecule has 1 aliphatic heterocycles. The standard InChI is InChI=1S/C18H25N3O.CH4O/c1-13-19-10-16(11-20-13)15-2-4-21(5-3-15)17-8-18(9-17)6-14(7-18)12-22;1-2/h10-12,14-15,17H,2-9H2,1H3;2H,1H3. The molecule has 2 aliphatic carbocycles. The summed E-state index contributed by atoms with van der Waals surface area (Å²) in [4.78, 5) is 22.1. The Morgan fingerprint density at radius 1 is 1.12 bits per heavy atom. The van der Waals surface area contributed by atoms with Gasteiger partial charge in [-0.2, -0.15) is 0 Å². The minimum absolute atomic E-state index is 0.369. The van der Waals surface area contributed by atoms with Gasteiger partial charge in [0, 0.05) is 31.5 Å². The van der Waals surface area contributed by atoms with E-state index in [1.54, 1.807) is 0 Å². The number of hydrogen-bond acceptors (Lipinski definition) is 5. The van der Waals surface area contributed by atoms with Crippen molar-refractivity contribution in [3.63, 3.8) is 0 Å². The van der Waals surface area contributed by atoms with E-state index in [0.717, 1.165) is 38.1 Å². The van der Waals surface area contributed by atoms with Crippen LogP contribution in [0.5, 0.6) is 0 Å². The lowest BCUT2D eigenvalue weighted by molar-refractivity contribution is -0.130. The molecule has 0 atom stereocenters. The summed E-state index contributed by atoms with van der Waals surface area (Å²) in [6.45, 7) is 4.35. The number of aliphatic hydroxyl groups excluding tert-OH is 1. The van der Waals surface area contributed by atoms with Crippen molar-refractivity contribution in [2.24, 2.45) is 11.3 Å². The summed E-state index contributed by atoms with van der Waals surface area (Å²) < 4.78 is 0. The molecule has 132 valence electrons. The number of nitrogens with zero attached hydrogens (tertiary/aromatic N) is 3. The number of rotatable bonds is 3. The van der Waals surface area contributed by atoms with Crippen LogP contribution in [0.3, 0.4) is 0 Å². The molecule has 3 fully saturated rings. The lowest BCUT2D eigenvalue weighted by Crippen LogP contribution is -2.57. The molecule has 0 amide bonds. The summed E-state index contributed by atoms with van der Waals surface area (Å²) in [5, 5.41) is 7.00. The largest absolute Gasteiger partial charge is 0.400 e. The van der Waals surface area contributed by atoms with Gasteiger partial charge in [-0.3, -0.25) is 0 Å². The lowest BCUT2D eigenvalue weighted by Gasteiger charge is -2.59. The van der Waals surface area contributed by atoms with Crippen molar-refractivity contribution in [1.82, 2.24) is 14.9 Å². The first-order valence-corrected chi connectivity index (χ1v) is 9.10. The van der Waals surface area contributed by atoms with Crippen molar-refractivity contribution in [3.8, 4) is 0 Å². The Morgan fingerprint density at radius 3 is 2.25 bits per heavy atom. The van der Waals surface area contributed by atoms with Crippen LogP contribution in [0.2, 0.25) is 0 Å². The molecule has 3 aliphatic rings. The first kappa shape index (κ1) is 17.5. The zero-order chi connectivity index (χ0) is 17.2. The Labute approximate surface area is 144 Å². The molecule has 4 rings (SSSR count). The fourth-order valence-electron chi connectivity index (χ4n) is 4.89. The fraction of sp³-hybridized carbons (Fsp3) is 0.737. The maximum Gasteiger partial charge on any atom is 0.125 e. The number of piperidine rings is 1. The zero-order valence-corrected chi connectivity index (χ0v) is 14.8. The molecule has 0 aromatic carbocycles. The van der Waals surface area contributed by atoms with Crippen molar-refractivity contribution in [1.29, 1.82) is 0 Å². The highest BCUT2D eigenvalue weighted by atomic mass is 16.2. The minimum Gasteiger partial charge on any atom is -0.400 e. The van der Waals surface area contributed by atoms with Crippen LogP contribution in [-0.2, 0) is 4.79 Å². The van der Waals surface area contributed by atoms with Gasteiger partial charge in [-0.15, -0.1) is 0 Å². The van der Waals surface area contributed by atoms with Crippen molar-refractivity contribution in [2.45, 2.75) is 57.4 Å². The van der Waals surface area contributed by atoms with Gasteiger partial charge in [0.05, 0.1) is 0 Å². The van der Waals surface area contributed by atoms with E-state index in [0.29, 0.717) is 17.3 Å². The molecule has 1 aromatic heterocycles. The van der Waals surface area contributed by atoms with E-state index in [-0.39, 0.29) is 0 Å². The maximum atomic E-state index is 10.8. The topological polar surface area (TPSA) is 66.3 Å². The lowest BCUT2D eigenvalue weighted by atomic mass is 9.50. The van der Waals surface area contributed by atoms with Crippen LogP contribution in [0, 0.1) is 18.3 Å². The van der Waals surface area contributed by atoms with Crippen molar-refractivity contribution in [2.75, 3.05) is 20.2 Å². The molecule has 1 aromatic rings. The van der Waals surface area contributed by atoms with Gasteiger partial charge >= 0.3 is 0 Å². The molecule has 1 spiro atoms. The highest BCUT2D eigenvalue weighted by Crippen LogP contribution is 2.59. The first-order chi connectivity index (χ1) is 11.7.